The Balaban J connectivity index is 2.00. The molecule has 1 aromatic carbocycles. The maximum Gasteiger partial charge on any atom is 0.251 e. The molecular formula is C18H22N2O2S. The van der Waals surface area contributed by atoms with Crippen LogP contribution in [0.4, 0.5) is 0 Å². The van der Waals surface area contributed by atoms with Crippen LogP contribution >= 0.6 is 11.8 Å². The summed E-state index contributed by atoms with van der Waals surface area (Å²) in [4.78, 5) is 16.6. The van der Waals surface area contributed by atoms with E-state index in [4.69, 9.17) is 0 Å². The number of hydrogen-bond acceptors (Lipinski definition) is 4. The van der Waals surface area contributed by atoms with Crippen LogP contribution in [0.15, 0.2) is 53.7 Å². The molecule has 0 saturated heterocycles. The number of amides is 1. The number of aliphatic hydroxyl groups excluding tert-OH is 1. The number of nitrogens with zero attached hydrogens (tertiary/aromatic N) is 1. The lowest BCUT2D eigenvalue weighted by molar-refractivity contribution is 0.0949. The smallest absolute Gasteiger partial charge is 0.251 e. The lowest BCUT2D eigenvalue weighted by Gasteiger charge is -2.17. The zero-order chi connectivity index (χ0) is 16.5. The van der Waals surface area contributed by atoms with Gasteiger partial charge in [0.15, 0.2) is 0 Å². The topological polar surface area (TPSA) is 62.2 Å². The van der Waals surface area contributed by atoms with E-state index in [0.29, 0.717) is 18.5 Å². The van der Waals surface area contributed by atoms with Gasteiger partial charge < -0.3 is 10.4 Å². The van der Waals surface area contributed by atoms with E-state index in [1.54, 1.807) is 24.0 Å². The lowest BCUT2D eigenvalue weighted by Crippen LogP contribution is -2.29. The molecule has 0 aliphatic carbocycles. The molecule has 1 amide bonds. The van der Waals surface area contributed by atoms with Gasteiger partial charge in [0, 0.05) is 30.8 Å². The van der Waals surface area contributed by atoms with Gasteiger partial charge in [-0.15, -0.1) is 11.8 Å². The average molecular weight is 330 g/mol. The van der Waals surface area contributed by atoms with Crippen LogP contribution in [0.1, 0.15) is 35.2 Å². The highest BCUT2D eigenvalue weighted by molar-refractivity contribution is 7.99. The molecule has 0 fully saturated rings. The molecule has 0 radical (unpaired) electrons. The predicted molar refractivity (Wildman–Crippen MR) is 93.9 cm³/mol. The van der Waals surface area contributed by atoms with Gasteiger partial charge in [0.05, 0.1) is 5.03 Å². The largest absolute Gasteiger partial charge is 0.396 e. The third kappa shape index (κ3) is 5.37. The van der Waals surface area contributed by atoms with E-state index in [9.17, 15) is 9.90 Å². The molecule has 0 aliphatic rings. The monoisotopic (exact) mass is 330 g/mol. The average Bonchev–Trinajstić information content (AvgIpc) is 2.59. The molecule has 1 unspecified atom stereocenters. The Morgan fingerprint density at radius 1 is 1.30 bits per heavy atom. The van der Waals surface area contributed by atoms with Crippen LogP contribution in [0.25, 0.3) is 0 Å². The summed E-state index contributed by atoms with van der Waals surface area (Å²) < 4.78 is 0. The molecule has 23 heavy (non-hydrogen) atoms. The molecule has 2 N–H and O–H groups in total. The highest BCUT2D eigenvalue weighted by Crippen LogP contribution is 2.19. The maximum atomic E-state index is 12.3. The Morgan fingerprint density at radius 3 is 2.78 bits per heavy atom. The number of benzene rings is 1. The van der Waals surface area contributed by atoms with E-state index in [2.05, 4.69) is 17.2 Å². The van der Waals surface area contributed by atoms with Gasteiger partial charge in [0.1, 0.15) is 0 Å². The summed E-state index contributed by atoms with van der Waals surface area (Å²) >= 11 is 1.61. The van der Waals surface area contributed by atoms with E-state index in [1.165, 1.54) is 0 Å². The minimum Gasteiger partial charge on any atom is -0.396 e. The SMILES string of the molecule is CCSc1cc(C(=O)NCC(CCO)c2ccccc2)ccn1. The van der Waals surface area contributed by atoms with Crippen LogP contribution in [0, 0.1) is 0 Å². The second-order valence-electron chi connectivity index (χ2n) is 5.15. The van der Waals surface area contributed by atoms with E-state index in [0.717, 1.165) is 16.3 Å². The summed E-state index contributed by atoms with van der Waals surface area (Å²) in [5.74, 6) is 0.922. The summed E-state index contributed by atoms with van der Waals surface area (Å²) in [7, 11) is 0. The molecule has 122 valence electrons. The Kier molecular flexibility index (Phi) is 7.10. The third-order valence-electron chi connectivity index (χ3n) is 3.55. The molecule has 1 heterocycles. The molecule has 0 spiro atoms. The first-order valence-corrected chi connectivity index (χ1v) is 8.76. The highest BCUT2D eigenvalue weighted by Gasteiger charge is 2.13. The quantitative estimate of drug-likeness (QED) is 0.730. The van der Waals surface area contributed by atoms with Crippen LogP contribution < -0.4 is 5.32 Å². The number of aromatic nitrogens is 1. The summed E-state index contributed by atoms with van der Waals surface area (Å²) in [6.07, 6.45) is 2.28. The lowest BCUT2D eigenvalue weighted by atomic mass is 9.96. The van der Waals surface area contributed by atoms with Gasteiger partial charge >= 0.3 is 0 Å². The highest BCUT2D eigenvalue weighted by atomic mass is 32.2. The van der Waals surface area contributed by atoms with Crippen molar-refractivity contribution in [1.29, 1.82) is 0 Å². The summed E-state index contributed by atoms with van der Waals surface area (Å²) in [5.41, 5.74) is 1.74. The molecule has 1 aromatic heterocycles. The van der Waals surface area contributed by atoms with Gasteiger partial charge in [0.25, 0.3) is 5.91 Å². The zero-order valence-electron chi connectivity index (χ0n) is 13.2. The number of pyridine rings is 1. The summed E-state index contributed by atoms with van der Waals surface area (Å²) in [6.45, 7) is 2.66. The fraction of sp³-hybridized carbons (Fsp3) is 0.333. The van der Waals surface area contributed by atoms with Crippen LogP contribution in [-0.4, -0.2) is 34.9 Å². The molecule has 0 aliphatic heterocycles. The van der Waals surface area contributed by atoms with Crippen molar-refractivity contribution >= 4 is 17.7 Å². The van der Waals surface area contributed by atoms with Crippen LogP contribution in [0.2, 0.25) is 0 Å². The van der Waals surface area contributed by atoms with Crippen molar-refractivity contribution in [3.63, 3.8) is 0 Å². The number of hydrogen-bond donors (Lipinski definition) is 2. The molecular weight excluding hydrogens is 308 g/mol. The van der Waals surface area contributed by atoms with Gasteiger partial charge in [-0.1, -0.05) is 37.3 Å². The van der Waals surface area contributed by atoms with E-state index in [-0.39, 0.29) is 18.4 Å². The van der Waals surface area contributed by atoms with Crippen molar-refractivity contribution in [1.82, 2.24) is 10.3 Å². The number of thioether (sulfide) groups is 1. The normalized spacial score (nSPS) is 11.9. The zero-order valence-corrected chi connectivity index (χ0v) is 14.1. The minimum absolute atomic E-state index is 0.0992. The van der Waals surface area contributed by atoms with Crippen molar-refractivity contribution in [3.05, 3.63) is 59.8 Å². The first-order chi connectivity index (χ1) is 11.2. The van der Waals surface area contributed by atoms with Crippen molar-refractivity contribution in [2.45, 2.75) is 24.3 Å². The number of nitrogens with one attached hydrogen (secondary N) is 1. The predicted octanol–water partition coefficient (Wildman–Crippen LogP) is 3.09. The molecule has 4 nitrogen and oxygen atoms in total. The van der Waals surface area contributed by atoms with Crippen molar-refractivity contribution in [3.8, 4) is 0 Å². The van der Waals surface area contributed by atoms with Gasteiger partial charge in [-0.2, -0.15) is 0 Å². The molecule has 1 atom stereocenters. The maximum absolute atomic E-state index is 12.3. The molecule has 0 bridgehead atoms. The van der Waals surface area contributed by atoms with Crippen molar-refractivity contribution < 1.29 is 9.90 Å². The minimum atomic E-state index is -0.107. The first kappa shape index (κ1) is 17.5. The number of carbonyl (C=O) groups is 1. The Bertz CT molecular complexity index is 619. The Hall–Kier alpha value is -1.85. The van der Waals surface area contributed by atoms with Gasteiger partial charge in [-0.05, 0) is 29.9 Å². The van der Waals surface area contributed by atoms with Crippen molar-refractivity contribution in [2.24, 2.45) is 0 Å². The molecule has 2 aromatic rings. The van der Waals surface area contributed by atoms with Gasteiger partial charge in [-0.3, -0.25) is 4.79 Å². The second-order valence-corrected chi connectivity index (χ2v) is 6.43. The standard InChI is InChI=1S/C18H22N2O2S/c1-2-23-17-12-15(8-10-19-17)18(22)20-13-16(9-11-21)14-6-4-3-5-7-14/h3-8,10,12,16,21H,2,9,11,13H2,1H3,(H,20,22). The number of rotatable bonds is 8. The summed E-state index contributed by atoms with van der Waals surface area (Å²) in [5, 5.41) is 13.1. The number of aliphatic hydroxyl groups is 1. The first-order valence-electron chi connectivity index (χ1n) is 7.77. The van der Waals surface area contributed by atoms with Crippen LogP contribution in [0.5, 0.6) is 0 Å². The van der Waals surface area contributed by atoms with E-state index in [1.807, 2.05) is 36.4 Å². The Labute approximate surface area is 141 Å². The molecule has 2 rings (SSSR count). The van der Waals surface area contributed by atoms with Gasteiger partial charge in [0.2, 0.25) is 0 Å². The second kappa shape index (κ2) is 9.33. The molecule has 0 saturated carbocycles. The molecule has 5 heteroatoms. The van der Waals surface area contributed by atoms with E-state index >= 15 is 0 Å². The fourth-order valence-electron chi connectivity index (χ4n) is 2.36. The summed E-state index contributed by atoms with van der Waals surface area (Å²) in [6, 6.07) is 13.5. The fourth-order valence-corrected chi connectivity index (χ4v) is 3.00. The van der Waals surface area contributed by atoms with E-state index < -0.39 is 0 Å². The number of carbonyl (C=O) groups excluding carboxylic acids is 1. The van der Waals surface area contributed by atoms with Crippen LogP contribution in [-0.2, 0) is 0 Å². The third-order valence-corrected chi connectivity index (χ3v) is 4.35. The van der Waals surface area contributed by atoms with Crippen molar-refractivity contribution in [2.75, 3.05) is 18.9 Å². The van der Waals surface area contributed by atoms with Crippen LogP contribution in [0.3, 0.4) is 0 Å². The Morgan fingerprint density at radius 2 is 2.09 bits per heavy atom. The van der Waals surface area contributed by atoms with Gasteiger partial charge in [-0.25, -0.2) is 4.98 Å².